The lowest BCUT2D eigenvalue weighted by molar-refractivity contribution is 0.445. The van der Waals surface area contributed by atoms with E-state index in [2.05, 4.69) is 31.2 Å². The summed E-state index contributed by atoms with van der Waals surface area (Å²) in [6, 6.07) is 19.6. The van der Waals surface area contributed by atoms with Gasteiger partial charge in [-0.2, -0.15) is 0 Å². The predicted molar refractivity (Wildman–Crippen MR) is 122 cm³/mol. The maximum Gasteiger partial charge on any atom is 0.194 e. The molecule has 0 nitrogen and oxygen atoms in total. The van der Waals surface area contributed by atoms with Gasteiger partial charge in [-0.05, 0) is 77.1 Å². The standard InChI is InChI=1S/C28H24F4/c1-2-3-4-18-5-8-20(9-6-18)22-13-14-24-23(17-22)12-11-21(27(24)31)10-7-19-15-25(29)28(32)26(30)16-19/h5-6,8-9,11-17H,2-4,7,10H2,1H3. The molecule has 0 amide bonds. The lowest BCUT2D eigenvalue weighted by Crippen LogP contribution is -1.99. The molecule has 0 N–H and O–H groups in total. The minimum atomic E-state index is -1.49. The molecule has 0 heterocycles. The molecule has 4 rings (SSSR count). The Hall–Kier alpha value is -3.14. The fraction of sp³-hybridized carbons (Fsp3) is 0.214. The van der Waals surface area contributed by atoms with Gasteiger partial charge in [0.1, 0.15) is 5.82 Å². The Morgan fingerprint density at radius 2 is 1.28 bits per heavy atom. The zero-order valence-corrected chi connectivity index (χ0v) is 17.9. The highest BCUT2D eigenvalue weighted by Crippen LogP contribution is 2.28. The van der Waals surface area contributed by atoms with Crippen molar-refractivity contribution in [2.24, 2.45) is 0 Å². The summed E-state index contributed by atoms with van der Waals surface area (Å²) in [6.45, 7) is 2.18. The molecule has 0 aliphatic heterocycles. The number of fused-ring (bicyclic) bond motifs is 1. The lowest BCUT2D eigenvalue weighted by atomic mass is 9.96. The normalized spacial score (nSPS) is 11.3. The summed E-state index contributed by atoms with van der Waals surface area (Å²) in [4.78, 5) is 0. The van der Waals surface area contributed by atoms with Gasteiger partial charge in [-0.15, -0.1) is 0 Å². The molecule has 4 aromatic carbocycles. The van der Waals surface area contributed by atoms with Crippen molar-refractivity contribution in [3.63, 3.8) is 0 Å². The summed E-state index contributed by atoms with van der Waals surface area (Å²) in [6.07, 6.45) is 3.87. The van der Waals surface area contributed by atoms with Crippen LogP contribution in [0.3, 0.4) is 0 Å². The van der Waals surface area contributed by atoms with E-state index in [9.17, 15) is 13.2 Å². The maximum absolute atomic E-state index is 15.1. The highest BCUT2D eigenvalue weighted by atomic mass is 19.2. The number of benzene rings is 4. The van der Waals surface area contributed by atoms with Gasteiger partial charge in [0, 0.05) is 5.39 Å². The highest BCUT2D eigenvalue weighted by Gasteiger charge is 2.13. The van der Waals surface area contributed by atoms with E-state index in [1.807, 2.05) is 18.2 Å². The zero-order chi connectivity index (χ0) is 22.7. The molecule has 0 aliphatic carbocycles. The van der Waals surface area contributed by atoms with Gasteiger partial charge in [0.15, 0.2) is 17.5 Å². The van der Waals surface area contributed by atoms with E-state index in [1.54, 1.807) is 12.1 Å². The van der Waals surface area contributed by atoms with Crippen LogP contribution in [0.1, 0.15) is 36.5 Å². The van der Waals surface area contributed by atoms with E-state index in [-0.39, 0.29) is 18.7 Å². The van der Waals surface area contributed by atoms with Crippen molar-refractivity contribution >= 4 is 10.8 Å². The molecule has 0 radical (unpaired) electrons. The van der Waals surface area contributed by atoms with Crippen LogP contribution in [0.15, 0.2) is 66.7 Å². The zero-order valence-electron chi connectivity index (χ0n) is 17.9. The van der Waals surface area contributed by atoms with Crippen LogP contribution < -0.4 is 0 Å². The summed E-state index contributed by atoms with van der Waals surface area (Å²) in [5.41, 5.74) is 4.16. The second kappa shape index (κ2) is 9.56. The van der Waals surface area contributed by atoms with Gasteiger partial charge in [0.25, 0.3) is 0 Å². The molecule has 164 valence electrons. The molecular formula is C28H24F4. The van der Waals surface area contributed by atoms with Crippen LogP contribution in [-0.4, -0.2) is 0 Å². The highest BCUT2D eigenvalue weighted by molar-refractivity contribution is 5.88. The van der Waals surface area contributed by atoms with Gasteiger partial charge in [0.2, 0.25) is 0 Å². The number of unbranched alkanes of at least 4 members (excludes halogenated alkanes) is 1. The van der Waals surface area contributed by atoms with Crippen LogP contribution in [0, 0.1) is 23.3 Å². The van der Waals surface area contributed by atoms with E-state index in [4.69, 9.17) is 0 Å². The van der Waals surface area contributed by atoms with Gasteiger partial charge in [0.05, 0.1) is 0 Å². The van der Waals surface area contributed by atoms with Crippen LogP contribution in [0.5, 0.6) is 0 Å². The van der Waals surface area contributed by atoms with E-state index < -0.39 is 17.5 Å². The Balaban J connectivity index is 1.54. The molecule has 0 unspecified atom stereocenters. The van der Waals surface area contributed by atoms with Gasteiger partial charge in [-0.25, -0.2) is 17.6 Å². The Morgan fingerprint density at radius 3 is 1.97 bits per heavy atom. The average molecular weight is 436 g/mol. The average Bonchev–Trinajstić information content (AvgIpc) is 2.81. The molecule has 0 saturated carbocycles. The van der Waals surface area contributed by atoms with Crippen LogP contribution in [0.2, 0.25) is 0 Å². The molecule has 0 aliphatic rings. The largest absolute Gasteiger partial charge is 0.206 e. The molecule has 0 fully saturated rings. The second-order valence-corrected chi connectivity index (χ2v) is 8.15. The third kappa shape index (κ3) is 4.69. The topological polar surface area (TPSA) is 0 Å². The fourth-order valence-electron chi connectivity index (χ4n) is 3.99. The SMILES string of the molecule is CCCCc1ccc(-c2ccc3c(F)c(CCc4cc(F)c(F)c(F)c4)ccc3c2)cc1. The smallest absolute Gasteiger partial charge is 0.194 e. The van der Waals surface area contributed by atoms with E-state index in [0.29, 0.717) is 16.5 Å². The van der Waals surface area contributed by atoms with Crippen LogP contribution in [0.4, 0.5) is 17.6 Å². The first-order valence-electron chi connectivity index (χ1n) is 10.9. The van der Waals surface area contributed by atoms with Gasteiger partial charge < -0.3 is 0 Å². The van der Waals surface area contributed by atoms with Crippen LogP contribution in [-0.2, 0) is 19.3 Å². The number of aryl methyl sites for hydroxylation is 3. The number of halogens is 4. The summed E-state index contributed by atoms with van der Waals surface area (Å²) >= 11 is 0. The molecule has 4 heteroatoms. The van der Waals surface area contributed by atoms with E-state index in [0.717, 1.165) is 41.5 Å². The summed E-state index contributed by atoms with van der Waals surface area (Å²) < 4.78 is 55.1. The fourth-order valence-corrected chi connectivity index (χ4v) is 3.99. The first-order valence-corrected chi connectivity index (χ1v) is 10.9. The monoisotopic (exact) mass is 436 g/mol. The number of rotatable bonds is 7. The predicted octanol–water partition coefficient (Wildman–Crippen LogP) is 8.19. The Kier molecular flexibility index (Phi) is 6.59. The first-order chi connectivity index (χ1) is 15.5. The van der Waals surface area contributed by atoms with Crippen LogP contribution >= 0.6 is 0 Å². The van der Waals surface area contributed by atoms with Crippen LogP contribution in [0.25, 0.3) is 21.9 Å². The Bertz CT molecular complexity index is 1220. The molecule has 4 aromatic rings. The molecule has 0 aromatic heterocycles. The summed E-state index contributed by atoms with van der Waals surface area (Å²) in [5, 5.41) is 1.29. The molecule has 0 spiro atoms. The van der Waals surface area contributed by atoms with Gasteiger partial charge in [-0.1, -0.05) is 61.9 Å². The molecular weight excluding hydrogens is 412 g/mol. The lowest BCUT2D eigenvalue weighted by Gasteiger charge is -2.10. The number of hydrogen-bond donors (Lipinski definition) is 0. The Morgan fingerprint density at radius 1 is 0.594 bits per heavy atom. The third-order valence-corrected chi connectivity index (χ3v) is 5.87. The van der Waals surface area contributed by atoms with Gasteiger partial charge in [-0.3, -0.25) is 0 Å². The second-order valence-electron chi connectivity index (χ2n) is 8.15. The van der Waals surface area contributed by atoms with E-state index in [1.165, 1.54) is 12.0 Å². The number of hydrogen-bond acceptors (Lipinski definition) is 0. The van der Waals surface area contributed by atoms with Gasteiger partial charge >= 0.3 is 0 Å². The van der Waals surface area contributed by atoms with Crippen molar-refractivity contribution in [3.8, 4) is 11.1 Å². The minimum absolute atomic E-state index is 0.207. The van der Waals surface area contributed by atoms with Crippen molar-refractivity contribution < 1.29 is 17.6 Å². The van der Waals surface area contributed by atoms with Crippen molar-refractivity contribution in [2.45, 2.75) is 39.0 Å². The molecule has 0 atom stereocenters. The molecule has 0 bridgehead atoms. The maximum atomic E-state index is 15.1. The van der Waals surface area contributed by atoms with Crippen molar-refractivity contribution in [1.82, 2.24) is 0 Å². The van der Waals surface area contributed by atoms with Crippen molar-refractivity contribution in [2.75, 3.05) is 0 Å². The Labute approximate surface area is 185 Å². The minimum Gasteiger partial charge on any atom is -0.206 e. The van der Waals surface area contributed by atoms with Crippen molar-refractivity contribution in [1.29, 1.82) is 0 Å². The van der Waals surface area contributed by atoms with Crippen molar-refractivity contribution in [3.05, 3.63) is 107 Å². The molecule has 32 heavy (non-hydrogen) atoms. The summed E-state index contributed by atoms with van der Waals surface area (Å²) in [7, 11) is 0. The molecule has 0 saturated heterocycles. The first kappa shape index (κ1) is 22.1. The third-order valence-electron chi connectivity index (χ3n) is 5.87. The quantitative estimate of drug-likeness (QED) is 0.202. The van der Waals surface area contributed by atoms with E-state index >= 15 is 4.39 Å². The summed E-state index contributed by atoms with van der Waals surface area (Å²) in [5.74, 6) is -4.29.